The van der Waals surface area contributed by atoms with Gasteiger partial charge in [-0.15, -0.1) is 0 Å². The van der Waals surface area contributed by atoms with Crippen LogP contribution in [0.4, 0.5) is 0 Å². The van der Waals surface area contributed by atoms with E-state index in [2.05, 4.69) is 0 Å². The lowest BCUT2D eigenvalue weighted by Crippen LogP contribution is -2.30. The van der Waals surface area contributed by atoms with E-state index in [0.29, 0.717) is 19.7 Å². The Morgan fingerprint density at radius 1 is 1.23 bits per heavy atom. The van der Waals surface area contributed by atoms with Crippen molar-refractivity contribution >= 4 is 0 Å². The number of aliphatic hydroxyl groups is 1. The van der Waals surface area contributed by atoms with E-state index < -0.39 is 0 Å². The second-order valence-corrected chi connectivity index (χ2v) is 2.79. The predicted octanol–water partition coefficient (Wildman–Crippen LogP) is -1.31. The Morgan fingerprint density at radius 2 is 1.85 bits per heavy atom. The molecular formula is C8H20N2O3. The Bertz CT molecular complexity index is 93.6. The lowest BCUT2D eigenvalue weighted by Gasteiger charge is -2.16. The van der Waals surface area contributed by atoms with E-state index in [1.807, 2.05) is 0 Å². The van der Waals surface area contributed by atoms with Gasteiger partial charge in [0.1, 0.15) is 0 Å². The highest BCUT2D eigenvalue weighted by atomic mass is 16.5. The molecule has 0 heterocycles. The lowest BCUT2D eigenvalue weighted by molar-refractivity contribution is -0.00339. The first-order valence-electron chi connectivity index (χ1n) is 4.43. The van der Waals surface area contributed by atoms with Crippen LogP contribution >= 0.6 is 0 Å². The summed E-state index contributed by atoms with van der Waals surface area (Å²) in [6.45, 7) is 1.28. The summed E-state index contributed by atoms with van der Waals surface area (Å²) in [5, 5.41) is 8.74. The zero-order valence-corrected chi connectivity index (χ0v) is 8.11. The molecule has 0 aromatic rings. The molecule has 5 heteroatoms. The highest BCUT2D eigenvalue weighted by Crippen LogP contribution is 1.97. The van der Waals surface area contributed by atoms with Crippen molar-refractivity contribution in [3.8, 4) is 0 Å². The van der Waals surface area contributed by atoms with Crippen molar-refractivity contribution in [2.45, 2.75) is 18.6 Å². The predicted molar refractivity (Wildman–Crippen MR) is 50.3 cm³/mol. The van der Waals surface area contributed by atoms with E-state index in [-0.39, 0.29) is 18.8 Å². The quantitative estimate of drug-likeness (QED) is 0.444. The average molecular weight is 192 g/mol. The van der Waals surface area contributed by atoms with Crippen molar-refractivity contribution < 1.29 is 14.6 Å². The second-order valence-electron chi connectivity index (χ2n) is 2.79. The summed E-state index contributed by atoms with van der Waals surface area (Å²) >= 11 is 0. The summed E-state index contributed by atoms with van der Waals surface area (Å²) in [6.07, 6.45) is 0.483. The molecule has 0 fully saturated rings. The van der Waals surface area contributed by atoms with E-state index in [0.717, 1.165) is 6.42 Å². The molecule has 0 saturated carbocycles. The maximum absolute atomic E-state index is 8.74. The van der Waals surface area contributed by atoms with Crippen molar-refractivity contribution in [1.82, 2.24) is 0 Å². The first-order valence-corrected chi connectivity index (χ1v) is 4.43. The average Bonchev–Trinajstić information content (AvgIpc) is 2.19. The van der Waals surface area contributed by atoms with E-state index in [1.165, 1.54) is 0 Å². The summed E-state index contributed by atoms with van der Waals surface area (Å²) in [7, 11) is 1.62. The molecule has 0 rings (SSSR count). The Balaban J connectivity index is 3.41. The second kappa shape index (κ2) is 8.40. The molecule has 0 aliphatic carbocycles. The van der Waals surface area contributed by atoms with Crippen LogP contribution in [0.2, 0.25) is 0 Å². The number of rotatable bonds is 8. The normalized spacial score (nSPS) is 15.7. The van der Waals surface area contributed by atoms with Crippen LogP contribution in [0, 0.1) is 0 Å². The summed E-state index contributed by atoms with van der Waals surface area (Å²) in [5.74, 6) is 0. The molecule has 0 aromatic heterocycles. The molecule has 0 bridgehead atoms. The van der Waals surface area contributed by atoms with Crippen molar-refractivity contribution in [1.29, 1.82) is 0 Å². The molecule has 5 nitrogen and oxygen atoms in total. The Hall–Kier alpha value is -0.200. The Morgan fingerprint density at radius 3 is 2.23 bits per heavy atom. The SMILES string of the molecule is COC(CN)CCOC(CN)CO. The van der Waals surface area contributed by atoms with Crippen molar-refractivity contribution in [2.75, 3.05) is 33.4 Å². The zero-order chi connectivity index (χ0) is 10.1. The largest absolute Gasteiger partial charge is 0.394 e. The van der Waals surface area contributed by atoms with E-state index in [9.17, 15) is 0 Å². The van der Waals surface area contributed by atoms with Crippen LogP contribution in [0.3, 0.4) is 0 Å². The number of methoxy groups -OCH3 is 1. The molecule has 0 aromatic carbocycles. The first kappa shape index (κ1) is 12.8. The highest BCUT2D eigenvalue weighted by molar-refractivity contribution is 4.60. The molecule has 0 amide bonds. The third-order valence-electron chi connectivity index (χ3n) is 1.86. The van der Waals surface area contributed by atoms with Gasteiger partial charge >= 0.3 is 0 Å². The maximum Gasteiger partial charge on any atom is 0.0927 e. The molecule has 5 N–H and O–H groups in total. The molecule has 0 saturated heterocycles. The van der Waals surface area contributed by atoms with Gasteiger partial charge in [-0.3, -0.25) is 0 Å². The van der Waals surface area contributed by atoms with Gasteiger partial charge in [-0.25, -0.2) is 0 Å². The summed E-state index contributed by atoms with van der Waals surface area (Å²) in [5.41, 5.74) is 10.7. The smallest absolute Gasteiger partial charge is 0.0927 e. The number of hydrogen-bond donors (Lipinski definition) is 3. The highest BCUT2D eigenvalue weighted by Gasteiger charge is 2.07. The van der Waals surface area contributed by atoms with Crippen LogP contribution in [0.15, 0.2) is 0 Å². The number of aliphatic hydroxyl groups excluding tert-OH is 1. The zero-order valence-electron chi connectivity index (χ0n) is 8.11. The van der Waals surface area contributed by atoms with Gasteiger partial charge in [0.25, 0.3) is 0 Å². The Kier molecular flexibility index (Phi) is 8.27. The van der Waals surface area contributed by atoms with Crippen molar-refractivity contribution in [3.63, 3.8) is 0 Å². The van der Waals surface area contributed by atoms with Crippen LogP contribution in [0.25, 0.3) is 0 Å². The fraction of sp³-hybridized carbons (Fsp3) is 1.00. The third-order valence-corrected chi connectivity index (χ3v) is 1.86. The minimum atomic E-state index is -0.268. The molecule has 2 unspecified atom stereocenters. The molecule has 13 heavy (non-hydrogen) atoms. The molecule has 0 aliphatic rings. The monoisotopic (exact) mass is 192 g/mol. The van der Waals surface area contributed by atoms with Gasteiger partial charge in [-0.05, 0) is 6.42 Å². The number of hydrogen-bond acceptors (Lipinski definition) is 5. The van der Waals surface area contributed by atoms with Crippen molar-refractivity contribution in [3.05, 3.63) is 0 Å². The van der Waals surface area contributed by atoms with Crippen molar-refractivity contribution in [2.24, 2.45) is 11.5 Å². The fourth-order valence-corrected chi connectivity index (χ4v) is 0.893. The topological polar surface area (TPSA) is 90.7 Å². The van der Waals surface area contributed by atoms with Gasteiger partial charge < -0.3 is 26.0 Å². The van der Waals surface area contributed by atoms with E-state index in [4.69, 9.17) is 26.0 Å². The lowest BCUT2D eigenvalue weighted by atomic mass is 10.2. The van der Waals surface area contributed by atoms with Crippen LogP contribution in [0.1, 0.15) is 6.42 Å². The van der Waals surface area contributed by atoms with Gasteiger partial charge in [0.15, 0.2) is 0 Å². The fourth-order valence-electron chi connectivity index (χ4n) is 0.893. The Labute approximate surface area is 79.0 Å². The molecule has 0 aliphatic heterocycles. The summed E-state index contributed by atoms with van der Waals surface area (Å²) in [4.78, 5) is 0. The molecular weight excluding hydrogens is 172 g/mol. The molecule has 80 valence electrons. The van der Waals surface area contributed by atoms with Gasteiger partial charge in [-0.1, -0.05) is 0 Å². The number of nitrogens with two attached hydrogens (primary N) is 2. The first-order chi connectivity index (χ1) is 6.28. The van der Waals surface area contributed by atoms with E-state index >= 15 is 0 Å². The van der Waals surface area contributed by atoms with Gasteiger partial charge in [0, 0.05) is 26.8 Å². The van der Waals surface area contributed by atoms with Crippen LogP contribution in [0.5, 0.6) is 0 Å². The summed E-state index contributed by atoms with van der Waals surface area (Å²) in [6, 6.07) is 0. The van der Waals surface area contributed by atoms with Crippen LogP contribution in [-0.4, -0.2) is 50.7 Å². The minimum absolute atomic E-state index is 0.0251. The van der Waals surface area contributed by atoms with Crippen LogP contribution in [-0.2, 0) is 9.47 Å². The third kappa shape index (κ3) is 5.95. The minimum Gasteiger partial charge on any atom is -0.394 e. The summed E-state index contributed by atoms with van der Waals surface area (Å²) < 4.78 is 10.3. The standard InChI is InChI=1S/C8H20N2O3/c1-12-7(4-9)2-3-13-8(5-10)6-11/h7-8,11H,2-6,9-10H2,1H3. The molecule has 2 atom stereocenters. The van der Waals surface area contributed by atoms with E-state index in [1.54, 1.807) is 7.11 Å². The van der Waals surface area contributed by atoms with Gasteiger partial charge in [0.05, 0.1) is 18.8 Å². The van der Waals surface area contributed by atoms with Gasteiger partial charge in [0.2, 0.25) is 0 Å². The maximum atomic E-state index is 8.74. The number of ether oxygens (including phenoxy) is 2. The molecule has 0 radical (unpaired) electrons. The van der Waals surface area contributed by atoms with Crippen LogP contribution < -0.4 is 11.5 Å². The van der Waals surface area contributed by atoms with Gasteiger partial charge in [-0.2, -0.15) is 0 Å². The molecule has 0 spiro atoms.